The van der Waals surface area contributed by atoms with Gasteiger partial charge in [0.05, 0.1) is 13.4 Å². The summed E-state index contributed by atoms with van der Waals surface area (Å²) in [6.07, 6.45) is 0. The van der Waals surface area contributed by atoms with E-state index in [4.69, 9.17) is 15.2 Å². The minimum absolute atomic E-state index is 0.0620. The van der Waals surface area contributed by atoms with E-state index in [-0.39, 0.29) is 22.5 Å². The summed E-state index contributed by atoms with van der Waals surface area (Å²) in [5.74, 6) is -2.86. The van der Waals surface area contributed by atoms with E-state index in [1.807, 2.05) is 6.07 Å². The van der Waals surface area contributed by atoms with Crippen molar-refractivity contribution in [2.45, 2.75) is 0 Å². The highest BCUT2D eigenvalue weighted by Crippen LogP contribution is 2.36. The van der Waals surface area contributed by atoms with E-state index in [2.05, 4.69) is 47.8 Å². The molecule has 4 aromatic carbocycles. The van der Waals surface area contributed by atoms with Crippen molar-refractivity contribution in [1.82, 2.24) is 0 Å². The van der Waals surface area contributed by atoms with Gasteiger partial charge in [-0.1, -0.05) is 24.3 Å². The summed E-state index contributed by atoms with van der Waals surface area (Å²) in [7, 11) is -1.89. The van der Waals surface area contributed by atoms with Gasteiger partial charge in [0.2, 0.25) is 0 Å². The van der Waals surface area contributed by atoms with Crippen molar-refractivity contribution in [1.29, 1.82) is 0 Å². The van der Waals surface area contributed by atoms with Gasteiger partial charge in [-0.3, -0.25) is 0 Å². The van der Waals surface area contributed by atoms with Crippen molar-refractivity contribution in [3.05, 3.63) is 109 Å². The van der Waals surface area contributed by atoms with E-state index in [9.17, 15) is 22.7 Å². The third-order valence-corrected chi connectivity index (χ3v) is 6.31. The summed E-state index contributed by atoms with van der Waals surface area (Å²) in [5.41, 5.74) is 0.165. The summed E-state index contributed by atoms with van der Waals surface area (Å²) >= 11 is 9.47. The van der Waals surface area contributed by atoms with Crippen LogP contribution in [0, 0.1) is 23.3 Å². The van der Waals surface area contributed by atoms with Crippen LogP contribution in [0.5, 0.6) is 11.5 Å². The molecule has 0 aliphatic heterocycles. The topological polar surface area (TPSA) is 80.9 Å². The number of hydrogen-bond acceptors (Lipinski definition) is 4. The molecule has 0 aliphatic rings. The molecule has 4 nitrogen and oxygen atoms in total. The van der Waals surface area contributed by atoms with E-state index in [0.717, 1.165) is 24.3 Å². The summed E-state index contributed by atoms with van der Waals surface area (Å²) in [4.78, 5) is 0. The third-order valence-electron chi connectivity index (χ3n) is 4.39. The summed E-state index contributed by atoms with van der Waals surface area (Å²) in [6.45, 7) is 0. The lowest BCUT2D eigenvalue weighted by Gasteiger charge is -2.07. The quantitative estimate of drug-likeness (QED) is 0.140. The van der Waals surface area contributed by atoms with Gasteiger partial charge in [-0.25, -0.2) is 17.6 Å². The molecule has 4 N–H and O–H groups in total. The van der Waals surface area contributed by atoms with Gasteiger partial charge >= 0.3 is 7.12 Å². The molecule has 0 radical (unpaired) electrons. The molecule has 0 fully saturated rings. The Morgan fingerprint density at radius 1 is 0.556 bits per heavy atom. The van der Waals surface area contributed by atoms with Crippen LogP contribution in [0.15, 0.2) is 86.2 Å². The monoisotopic (exact) mass is 692 g/mol. The molecule has 0 bridgehead atoms. The fraction of sp³-hybridized carbons (Fsp3) is 0. The first-order valence-electron chi connectivity index (χ1n) is 9.79. The first-order valence-corrected chi connectivity index (χ1v) is 12.2. The van der Waals surface area contributed by atoms with Crippen molar-refractivity contribution in [2.75, 3.05) is 0 Å². The molecule has 0 heterocycles. The number of halogens is 7. The van der Waals surface area contributed by atoms with E-state index in [1.165, 1.54) is 6.07 Å². The zero-order valence-electron chi connectivity index (χ0n) is 17.9. The van der Waals surface area contributed by atoms with Gasteiger partial charge in [-0.05, 0) is 84.2 Å². The van der Waals surface area contributed by atoms with Crippen LogP contribution in [0.3, 0.4) is 0 Å². The SMILES string of the molecule is OB(O)c1ccc(F)cc1F.Oc1c(Br)cccc1-c1ccc(F)cc1F.Oc1c(Br)cccc1Br. The highest BCUT2D eigenvalue weighted by Gasteiger charge is 2.16. The standard InChI is InChI=1S/C12H7BrF2O.C6H5BF2O2.C6H4Br2O/c13-10-3-1-2-9(12(10)16)8-5-4-7(14)6-11(8)15;8-4-1-2-5(7(10)11)6(9)3-4;7-4-2-1-3-5(8)6(4)9/h1-6,16H;1-3,10-11H;1-3,9H. The lowest BCUT2D eigenvalue weighted by Crippen LogP contribution is -2.32. The Balaban J connectivity index is 0.000000200. The average Bonchev–Trinajstić information content (AvgIpc) is 2.80. The number of aromatic hydroxyl groups is 2. The van der Waals surface area contributed by atoms with Gasteiger partial charge in [0, 0.05) is 28.7 Å². The fourth-order valence-electron chi connectivity index (χ4n) is 2.64. The van der Waals surface area contributed by atoms with Crippen LogP contribution in [0.2, 0.25) is 0 Å². The second-order valence-electron chi connectivity index (χ2n) is 6.87. The van der Waals surface area contributed by atoms with Crippen molar-refractivity contribution in [3.8, 4) is 22.6 Å². The molecule has 36 heavy (non-hydrogen) atoms. The maximum atomic E-state index is 13.5. The van der Waals surface area contributed by atoms with Crippen molar-refractivity contribution < 1.29 is 37.8 Å². The van der Waals surface area contributed by atoms with Crippen LogP contribution in [-0.2, 0) is 0 Å². The molecule has 12 heteroatoms. The molecular weight excluding hydrogens is 679 g/mol. The average molecular weight is 695 g/mol. The highest BCUT2D eigenvalue weighted by molar-refractivity contribution is 9.11. The van der Waals surface area contributed by atoms with E-state index in [1.54, 1.807) is 30.3 Å². The minimum Gasteiger partial charge on any atom is -0.506 e. The Hall–Kier alpha value is -2.38. The molecule has 0 aliphatic carbocycles. The molecule has 0 saturated carbocycles. The summed E-state index contributed by atoms with van der Waals surface area (Å²) in [6, 6.07) is 16.0. The fourth-order valence-corrected chi connectivity index (χ4v) is 4.01. The summed E-state index contributed by atoms with van der Waals surface area (Å²) in [5, 5.41) is 35.8. The van der Waals surface area contributed by atoms with Gasteiger partial charge in [0.25, 0.3) is 0 Å². The summed E-state index contributed by atoms with van der Waals surface area (Å²) < 4.78 is 52.8. The predicted molar refractivity (Wildman–Crippen MR) is 141 cm³/mol. The van der Waals surface area contributed by atoms with Gasteiger partial charge in [-0.15, -0.1) is 0 Å². The molecule has 0 unspecified atom stereocenters. The third kappa shape index (κ3) is 8.34. The van der Waals surface area contributed by atoms with E-state index >= 15 is 0 Å². The molecule has 4 aromatic rings. The van der Waals surface area contributed by atoms with Gasteiger partial charge in [0.1, 0.15) is 34.8 Å². The first kappa shape index (κ1) is 29.9. The van der Waals surface area contributed by atoms with Gasteiger partial charge < -0.3 is 20.3 Å². The molecule has 0 aromatic heterocycles. The molecule has 0 atom stereocenters. The molecule has 0 spiro atoms. The Morgan fingerprint density at radius 2 is 1.03 bits per heavy atom. The molecule has 0 saturated heterocycles. The second-order valence-corrected chi connectivity index (χ2v) is 9.43. The predicted octanol–water partition coefficient (Wildman–Crippen LogP) is 6.66. The van der Waals surface area contributed by atoms with Crippen LogP contribution < -0.4 is 5.46 Å². The van der Waals surface area contributed by atoms with Crippen molar-refractivity contribution in [3.63, 3.8) is 0 Å². The molecule has 4 rings (SSSR count). The zero-order valence-corrected chi connectivity index (χ0v) is 22.7. The Bertz CT molecular complexity index is 1320. The van der Waals surface area contributed by atoms with Crippen LogP contribution in [0.25, 0.3) is 11.1 Å². The number of para-hydroxylation sites is 2. The molecular formula is C24H16BBr3F4O4. The lowest BCUT2D eigenvalue weighted by molar-refractivity contribution is 0.422. The van der Waals surface area contributed by atoms with Gasteiger partial charge in [-0.2, -0.15) is 0 Å². The minimum atomic E-state index is -1.89. The number of hydrogen-bond donors (Lipinski definition) is 4. The number of phenols is 2. The van der Waals surface area contributed by atoms with Crippen molar-refractivity contribution in [2.24, 2.45) is 0 Å². The van der Waals surface area contributed by atoms with Crippen LogP contribution in [-0.4, -0.2) is 27.4 Å². The second kappa shape index (κ2) is 13.8. The number of rotatable bonds is 2. The zero-order chi connectivity index (χ0) is 27.0. The largest absolute Gasteiger partial charge is 0.506 e. The number of phenolic OH excluding ortho intramolecular Hbond substituents is 2. The maximum absolute atomic E-state index is 13.5. The van der Waals surface area contributed by atoms with E-state index in [0.29, 0.717) is 25.0 Å². The van der Waals surface area contributed by atoms with Crippen LogP contribution in [0.1, 0.15) is 0 Å². The Morgan fingerprint density at radius 3 is 1.50 bits per heavy atom. The smallest absolute Gasteiger partial charge is 0.491 e. The maximum Gasteiger partial charge on any atom is 0.491 e. The highest BCUT2D eigenvalue weighted by atomic mass is 79.9. The Kier molecular flexibility index (Phi) is 11.4. The molecule has 0 amide bonds. The lowest BCUT2D eigenvalue weighted by atomic mass is 9.80. The number of benzene rings is 4. The Labute approximate surface area is 229 Å². The van der Waals surface area contributed by atoms with Crippen LogP contribution in [0.4, 0.5) is 17.6 Å². The van der Waals surface area contributed by atoms with Crippen LogP contribution >= 0.6 is 47.8 Å². The normalized spacial score (nSPS) is 10.0. The van der Waals surface area contributed by atoms with Gasteiger partial charge in [0.15, 0.2) is 0 Å². The molecule has 188 valence electrons. The first-order chi connectivity index (χ1) is 16.9. The van der Waals surface area contributed by atoms with E-state index < -0.39 is 30.4 Å². The van der Waals surface area contributed by atoms with Crippen molar-refractivity contribution >= 4 is 60.4 Å².